The van der Waals surface area contributed by atoms with Crippen molar-refractivity contribution < 1.29 is 9.59 Å². The average molecular weight is 276 g/mol. The third-order valence-electron chi connectivity index (χ3n) is 2.75. The van der Waals surface area contributed by atoms with Gasteiger partial charge in [0.25, 0.3) is 5.91 Å². The van der Waals surface area contributed by atoms with Crippen LogP contribution in [-0.2, 0) is 16.0 Å². The van der Waals surface area contributed by atoms with Gasteiger partial charge in [-0.15, -0.1) is 0 Å². The summed E-state index contributed by atoms with van der Waals surface area (Å²) in [7, 11) is 0. The number of hydrogen-bond acceptors (Lipinski definition) is 3. The highest BCUT2D eigenvalue weighted by Crippen LogP contribution is 2.27. The largest absolute Gasteiger partial charge is 0.305 e. The van der Waals surface area contributed by atoms with Crippen molar-refractivity contribution >= 4 is 28.7 Å². The van der Waals surface area contributed by atoms with Gasteiger partial charge in [0.1, 0.15) is 0 Å². The second kappa shape index (κ2) is 6.02. The first-order chi connectivity index (χ1) is 9.06. The topological polar surface area (TPSA) is 58.5 Å². The molecule has 1 unspecified atom stereocenters. The monoisotopic (exact) mass is 276 g/mol. The highest BCUT2D eigenvalue weighted by Gasteiger charge is 2.31. The minimum Gasteiger partial charge on any atom is -0.305 e. The number of rotatable bonds is 3. The molecule has 5 heteroatoms. The SMILES string of the molecule is CC(C)C1SC(NC(=O)Cc2ccccc2)=NC1=O. The van der Waals surface area contributed by atoms with E-state index < -0.39 is 0 Å². The molecule has 0 saturated carbocycles. The maximum absolute atomic E-state index is 11.8. The molecule has 0 radical (unpaired) electrons. The Hall–Kier alpha value is -1.62. The molecule has 1 aromatic carbocycles. The number of amides is 2. The molecular formula is C14H16N2O2S. The maximum Gasteiger partial charge on any atom is 0.261 e. The second-order valence-corrected chi connectivity index (χ2v) is 5.88. The summed E-state index contributed by atoms with van der Waals surface area (Å²) in [4.78, 5) is 27.3. The fourth-order valence-electron chi connectivity index (χ4n) is 1.78. The maximum atomic E-state index is 11.8. The Balaban J connectivity index is 1.91. The minimum absolute atomic E-state index is 0.144. The van der Waals surface area contributed by atoms with Gasteiger partial charge in [-0.25, -0.2) is 0 Å². The number of hydrogen-bond donors (Lipinski definition) is 1. The lowest BCUT2D eigenvalue weighted by Gasteiger charge is -2.10. The lowest BCUT2D eigenvalue weighted by molar-refractivity contribution is -0.119. The van der Waals surface area contributed by atoms with Gasteiger partial charge in [0, 0.05) is 0 Å². The van der Waals surface area contributed by atoms with E-state index in [4.69, 9.17) is 0 Å². The van der Waals surface area contributed by atoms with Crippen molar-refractivity contribution in [1.29, 1.82) is 0 Å². The molecular weight excluding hydrogens is 260 g/mol. The summed E-state index contributed by atoms with van der Waals surface area (Å²) < 4.78 is 0. The zero-order valence-corrected chi connectivity index (χ0v) is 11.7. The van der Waals surface area contributed by atoms with Gasteiger partial charge in [0.2, 0.25) is 5.91 Å². The number of carbonyl (C=O) groups excluding carboxylic acids is 2. The van der Waals surface area contributed by atoms with Gasteiger partial charge in [0.05, 0.1) is 11.7 Å². The van der Waals surface area contributed by atoms with Gasteiger partial charge in [0.15, 0.2) is 5.17 Å². The molecule has 0 spiro atoms. The predicted octanol–water partition coefficient (Wildman–Crippen LogP) is 2.00. The van der Waals surface area contributed by atoms with Crippen molar-refractivity contribution in [3.05, 3.63) is 35.9 Å². The van der Waals surface area contributed by atoms with Gasteiger partial charge < -0.3 is 5.32 Å². The lowest BCUT2D eigenvalue weighted by Crippen LogP contribution is -2.29. The van der Waals surface area contributed by atoms with E-state index in [0.717, 1.165) is 5.56 Å². The van der Waals surface area contributed by atoms with Crippen LogP contribution in [-0.4, -0.2) is 22.2 Å². The molecule has 0 aromatic heterocycles. The molecule has 1 heterocycles. The predicted molar refractivity (Wildman–Crippen MR) is 76.9 cm³/mol. The van der Waals surface area contributed by atoms with Crippen LogP contribution in [0.1, 0.15) is 19.4 Å². The Morgan fingerprint density at radius 1 is 1.37 bits per heavy atom. The van der Waals surface area contributed by atoms with Crippen molar-refractivity contribution in [2.24, 2.45) is 10.9 Å². The smallest absolute Gasteiger partial charge is 0.261 e. The molecule has 1 aliphatic rings. The van der Waals surface area contributed by atoms with Gasteiger partial charge in [-0.1, -0.05) is 55.9 Å². The van der Waals surface area contributed by atoms with Crippen molar-refractivity contribution in [1.82, 2.24) is 5.32 Å². The molecule has 0 aliphatic carbocycles. The molecule has 0 fully saturated rings. The summed E-state index contributed by atoms with van der Waals surface area (Å²) in [6.07, 6.45) is 0.293. The van der Waals surface area contributed by atoms with Gasteiger partial charge in [-0.2, -0.15) is 4.99 Å². The Kier molecular flexibility index (Phi) is 4.37. The fourth-order valence-corrected chi connectivity index (χ4v) is 2.77. The molecule has 100 valence electrons. The normalized spacial score (nSPS) is 18.6. The lowest BCUT2D eigenvalue weighted by atomic mass is 10.1. The van der Waals surface area contributed by atoms with Crippen LogP contribution < -0.4 is 5.32 Å². The first-order valence-corrected chi connectivity index (χ1v) is 7.07. The van der Waals surface area contributed by atoms with Crippen LogP contribution in [0.25, 0.3) is 0 Å². The molecule has 2 amide bonds. The summed E-state index contributed by atoms with van der Waals surface area (Å²) in [6, 6.07) is 9.48. The molecule has 2 rings (SSSR count). The third kappa shape index (κ3) is 3.67. The Morgan fingerprint density at radius 2 is 2.05 bits per heavy atom. The molecule has 1 atom stereocenters. The van der Waals surface area contributed by atoms with E-state index in [1.165, 1.54) is 11.8 Å². The average Bonchev–Trinajstić information content (AvgIpc) is 2.71. The zero-order chi connectivity index (χ0) is 13.8. The number of thioether (sulfide) groups is 1. The van der Waals surface area contributed by atoms with E-state index in [2.05, 4.69) is 10.3 Å². The van der Waals surface area contributed by atoms with Crippen LogP contribution in [0.4, 0.5) is 0 Å². The van der Waals surface area contributed by atoms with E-state index in [1.54, 1.807) is 0 Å². The fraction of sp³-hybridized carbons (Fsp3) is 0.357. The van der Waals surface area contributed by atoms with Crippen molar-refractivity contribution in [3.63, 3.8) is 0 Å². The van der Waals surface area contributed by atoms with Gasteiger partial charge in [-0.3, -0.25) is 9.59 Å². The van der Waals surface area contributed by atoms with Crippen LogP contribution in [0, 0.1) is 5.92 Å². The number of nitrogens with one attached hydrogen (secondary N) is 1. The summed E-state index contributed by atoms with van der Waals surface area (Å²) in [5.74, 6) is -0.0885. The molecule has 1 N–H and O–H groups in total. The van der Waals surface area contributed by atoms with Crippen LogP contribution >= 0.6 is 11.8 Å². The standard InChI is InChI=1S/C14H16N2O2S/c1-9(2)12-13(18)16-14(19-12)15-11(17)8-10-6-4-3-5-7-10/h3-7,9,12H,8H2,1-2H3,(H,15,16,17,18). The Morgan fingerprint density at radius 3 is 2.63 bits per heavy atom. The first-order valence-electron chi connectivity index (χ1n) is 6.19. The molecule has 0 saturated heterocycles. The summed E-state index contributed by atoms with van der Waals surface area (Å²) in [5.41, 5.74) is 0.940. The number of aliphatic imine (C=N–C) groups is 1. The van der Waals surface area contributed by atoms with Crippen LogP contribution in [0.15, 0.2) is 35.3 Å². The van der Waals surface area contributed by atoms with E-state index >= 15 is 0 Å². The van der Waals surface area contributed by atoms with Crippen molar-refractivity contribution in [2.75, 3.05) is 0 Å². The number of benzene rings is 1. The highest BCUT2D eigenvalue weighted by molar-refractivity contribution is 8.15. The van der Waals surface area contributed by atoms with E-state index in [-0.39, 0.29) is 23.0 Å². The molecule has 0 bridgehead atoms. The quantitative estimate of drug-likeness (QED) is 0.918. The Bertz CT molecular complexity index is 511. The molecule has 1 aliphatic heterocycles. The zero-order valence-electron chi connectivity index (χ0n) is 10.9. The summed E-state index contributed by atoms with van der Waals surface area (Å²) >= 11 is 1.33. The van der Waals surface area contributed by atoms with Crippen LogP contribution in [0.3, 0.4) is 0 Å². The third-order valence-corrected chi connectivity index (χ3v) is 4.17. The van der Waals surface area contributed by atoms with E-state index in [9.17, 15) is 9.59 Å². The number of carbonyl (C=O) groups is 2. The number of nitrogens with zero attached hydrogens (tertiary/aromatic N) is 1. The van der Waals surface area contributed by atoms with E-state index in [0.29, 0.717) is 11.6 Å². The first kappa shape index (κ1) is 13.8. The molecule has 4 nitrogen and oxygen atoms in total. The second-order valence-electron chi connectivity index (χ2n) is 4.75. The van der Waals surface area contributed by atoms with Gasteiger partial charge in [-0.05, 0) is 11.5 Å². The minimum atomic E-state index is -0.174. The Labute approximate surface area is 116 Å². The van der Waals surface area contributed by atoms with Crippen LogP contribution in [0.2, 0.25) is 0 Å². The number of amidine groups is 1. The van der Waals surface area contributed by atoms with Crippen molar-refractivity contribution in [2.45, 2.75) is 25.5 Å². The highest BCUT2D eigenvalue weighted by atomic mass is 32.2. The van der Waals surface area contributed by atoms with Gasteiger partial charge >= 0.3 is 0 Å². The molecule has 19 heavy (non-hydrogen) atoms. The van der Waals surface area contributed by atoms with E-state index in [1.807, 2.05) is 44.2 Å². The van der Waals surface area contributed by atoms with Crippen molar-refractivity contribution in [3.8, 4) is 0 Å². The molecule has 1 aromatic rings. The summed E-state index contributed by atoms with van der Waals surface area (Å²) in [5, 5.41) is 2.94. The van der Waals surface area contributed by atoms with Crippen LogP contribution in [0.5, 0.6) is 0 Å². The summed E-state index contributed by atoms with van der Waals surface area (Å²) in [6.45, 7) is 3.94.